The number of amides is 1. The van der Waals surface area contributed by atoms with Crippen LogP contribution in [0.25, 0.3) is 6.08 Å². The number of quaternary nitrogens is 1. The van der Waals surface area contributed by atoms with Gasteiger partial charge in [0.2, 0.25) is 0 Å². The Labute approximate surface area is 137 Å². The zero-order valence-electron chi connectivity index (χ0n) is 13.2. The third-order valence-corrected chi connectivity index (χ3v) is 4.18. The molecule has 1 fully saturated rings. The van der Waals surface area contributed by atoms with Crippen LogP contribution in [0.3, 0.4) is 0 Å². The smallest absolute Gasteiger partial charge is 0.255 e. The number of nitrogens with one attached hydrogen (secondary N) is 1. The topological polar surface area (TPSA) is 37.6 Å². The van der Waals surface area contributed by atoms with Crippen molar-refractivity contribution in [1.29, 1.82) is 0 Å². The first-order valence-corrected chi connectivity index (χ1v) is 8.07. The minimum atomic E-state index is 0.0944. The van der Waals surface area contributed by atoms with Crippen LogP contribution in [0.1, 0.15) is 15.9 Å². The van der Waals surface area contributed by atoms with E-state index in [1.807, 2.05) is 23.1 Å². The summed E-state index contributed by atoms with van der Waals surface area (Å²) in [5, 5.41) is 0. The average Bonchev–Trinajstić information content (AvgIpc) is 2.63. The quantitative estimate of drug-likeness (QED) is 0.920. The number of carbonyl (C=O) groups excluding carboxylic acids is 1. The fourth-order valence-corrected chi connectivity index (χ4v) is 2.83. The second-order valence-corrected chi connectivity index (χ2v) is 5.80. The van der Waals surface area contributed by atoms with Crippen molar-refractivity contribution in [2.24, 2.45) is 0 Å². The molecule has 0 saturated carbocycles. The van der Waals surface area contributed by atoms with Gasteiger partial charge in [-0.2, -0.15) is 0 Å². The summed E-state index contributed by atoms with van der Waals surface area (Å²) in [6, 6.07) is 14.0. The van der Waals surface area contributed by atoms with Crippen LogP contribution in [0.5, 0.6) is 0 Å². The molecule has 0 bridgehead atoms. The predicted octanol–water partition coefficient (Wildman–Crippen LogP) is 1.14. The molecule has 0 aliphatic carbocycles. The van der Waals surface area contributed by atoms with Gasteiger partial charge in [-0.1, -0.05) is 36.4 Å². The van der Waals surface area contributed by atoms with Gasteiger partial charge in [-0.3, -0.25) is 9.78 Å². The lowest BCUT2D eigenvalue weighted by atomic mass is 10.2. The van der Waals surface area contributed by atoms with E-state index in [0.29, 0.717) is 5.56 Å². The van der Waals surface area contributed by atoms with Crippen LogP contribution in [-0.2, 0) is 0 Å². The van der Waals surface area contributed by atoms with Crippen LogP contribution in [0.2, 0.25) is 0 Å². The maximum Gasteiger partial charge on any atom is 0.255 e. The minimum Gasteiger partial charge on any atom is -0.329 e. The molecule has 1 saturated heterocycles. The highest BCUT2D eigenvalue weighted by atomic mass is 16.2. The number of nitrogens with zero attached hydrogens (tertiary/aromatic N) is 2. The van der Waals surface area contributed by atoms with Crippen molar-refractivity contribution in [2.45, 2.75) is 0 Å². The number of benzene rings is 1. The molecule has 0 unspecified atom stereocenters. The lowest BCUT2D eigenvalue weighted by Gasteiger charge is -2.31. The van der Waals surface area contributed by atoms with Gasteiger partial charge in [0.25, 0.3) is 5.91 Å². The van der Waals surface area contributed by atoms with E-state index in [2.05, 4.69) is 41.4 Å². The van der Waals surface area contributed by atoms with Crippen molar-refractivity contribution < 1.29 is 9.69 Å². The molecule has 23 heavy (non-hydrogen) atoms. The van der Waals surface area contributed by atoms with Gasteiger partial charge in [0.05, 0.1) is 38.3 Å². The second kappa shape index (κ2) is 7.70. The van der Waals surface area contributed by atoms with Crippen LogP contribution in [0, 0.1) is 0 Å². The molecule has 4 nitrogen and oxygen atoms in total. The number of hydrogen-bond donors (Lipinski definition) is 1. The molecule has 0 spiro atoms. The zero-order chi connectivity index (χ0) is 15.9. The summed E-state index contributed by atoms with van der Waals surface area (Å²) in [5.41, 5.74) is 1.91. The van der Waals surface area contributed by atoms with Gasteiger partial charge >= 0.3 is 0 Å². The van der Waals surface area contributed by atoms with Crippen LogP contribution >= 0.6 is 0 Å². The Morgan fingerprint density at radius 2 is 1.91 bits per heavy atom. The molecule has 1 N–H and O–H groups in total. The highest BCUT2D eigenvalue weighted by molar-refractivity contribution is 5.93. The molecule has 1 amide bonds. The molecule has 1 aromatic heterocycles. The summed E-state index contributed by atoms with van der Waals surface area (Å²) >= 11 is 0. The fraction of sp³-hybridized carbons (Fsp3) is 0.263. The lowest BCUT2D eigenvalue weighted by Crippen LogP contribution is -3.14. The van der Waals surface area contributed by atoms with Gasteiger partial charge in [-0.05, 0) is 23.8 Å². The van der Waals surface area contributed by atoms with Crippen molar-refractivity contribution in [3.8, 4) is 0 Å². The van der Waals surface area contributed by atoms with E-state index in [1.54, 1.807) is 12.4 Å². The van der Waals surface area contributed by atoms with E-state index in [4.69, 9.17) is 0 Å². The third-order valence-electron chi connectivity index (χ3n) is 4.18. The van der Waals surface area contributed by atoms with Crippen molar-refractivity contribution in [3.05, 3.63) is 72.1 Å². The molecule has 4 heteroatoms. The van der Waals surface area contributed by atoms with Crippen LogP contribution in [-0.4, -0.2) is 48.5 Å². The molecular formula is C19H22N3O+. The highest BCUT2D eigenvalue weighted by Gasteiger charge is 2.23. The number of hydrogen-bond acceptors (Lipinski definition) is 2. The van der Waals surface area contributed by atoms with E-state index < -0.39 is 0 Å². The van der Waals surface area contributed by atoms with Gasteiger partial charge < -0.3 is 9.80 Å². The van der Waals surface area contributed by atoms with Crippen molar-refractivity contribution >= 4 is 12.0 Å². The van der Waals surface area contributed by atoms with Gasteiger partial charge in [-0.25, -0.2) is 0 Å². The van der Waals surface area contributed by atoms with Crippen LogP contribution < -0.4 is 4.90 Å². The molecule has 2 heterocycles. The van der Waals surface area contributed by atoms with E-state index in [0.717, 1.165) is 32.7 Å². The standard InChI is InChI=1S/C19H21N3O/c23-19(18-9-4-10-20-16-18)22-14-12-21(13-15-22)11-5-8-17-6-2-1-3-7-17/h1-10,16H,11-15H2/p+1. The Hall–Kier alpha value is -2.46. The highest BCUT2D eigenvalue weighted by Crippen LogP contribution is 2.03. The largest absolute Gasteiger partial charge is 0.329 e. The molecule has 1 aliphatic rings. The summed E-state index contributed by atoms with van der Waals surface area (Å²) in [4.78, 5) is 19.8. The Bertz CT molecular complexity index is 647. The Morgan fingerprint density at radius 1 is 1.13 bits per heavy atom. The number of aromatic nitrogens is 1. The molecule has 2 aromatic rings. The van der Waals surface area contributed by atoms with Crippen molar-refractivity contribution in [3.63, 3.8) is 0 Å². The number of carbonyl (C=O) groups is 1. The van der Waals surface area contributed by atoms with E-state index >= 15 is 0 Å². The Kier molecular flexibility index (Phi) is 5.17. The van der Waals surface area contributed by atoms with Gasteiger partial charge in [0, 0.05) is 12.4 Å². The summed E-state index contributed by atoms with van der Waals surface area (Å²) in [6.07, 6.45) is 7.73. The SMILES string of the molecule is O=C(c1cccnc1)N1CC[NH+](CC=Cc2ccccc2)CC1. The van der Waals surface area contributed by atoms with Crippen LogP contribution in [0.15, 0.2) is 60.9 Å². The maximum atomic E-state index is 12.4. The first kappa shape index (κ1) is 15.4. The Balaban J connectivity index is 1.47. The molecule has 3 rings (SSSR count). The molecule has 118 valence electrons. The third kappa shape index (κ3) is 4.27. The van der Waals surface area contributed by atoms with E-state index in [1.165, 1.54) is 10.5 Å². The van der Waals surface area contributed by atoms with Gasteiger partial charge in [-0.15, -0.1) is 0 Å². The summed E-state index contributed by atoms with van der Waals surface area (Å²) in [7, 11) is 0. The molecular weight excluding hydrogens is 286 g/mol. The first-order valence-electron chi connectivity index (χ1n) is 8.07. The van der Waals surface area contributed by atoms with Gasteiger partial charge in [0.1, 0.15) is 0 Å². The molecule has 1 aromatic carbocycles. The molecule has 1 aliphatic heterocycles. The number of rotatable bonds is 4. The van der Waals surface area contributed by atoms with E-state index in [-0.39, 0.29) is 5.91 Å². The first-order chi connectivity index (χ1) is 11.3. The summed E-state index contributed by atoms with van der Waals surface area (Å²) < 4.78 is 0. The Morgan fingerprint density at radius 3 is 2.61 bits per heavy atom. The summed E-state index contributed by atoms with van der Waals surface area (Å²) in [6.45, 7) is 4.60. The van der Waals surface area contributed by atoms with Crippen molar-refractivity contribution in [1.82, 2.24) is 9.88 Å². The normalized spacial score (nSPS) is 15.9. The molecule has 0 atom stereocenters. The number of piperazine rings is 1. The predicted molar refractivity (Wildman–Crippen MR) is 91.2 cm³/mol. The summed E-state index contributed by atoms with van der Waals surface area (Å²) in [5.74, 6) is 0.0944. The minimum absolute atomic E-state index is 0.0944. The van der Waals surface area contributed by atoms with Crippen LogP contribution in [0.4, 0.5) is 0 Å². The lowest BCUT2D eigenvalue weighted by molar-refractivity contribution is -0.898. The zero-order valence-corrected chi connectivity index (χ0v) is 13.2. The van der Waals surface area contributed by atoms with Crippen molar-refractivity contribution in [2.75, 3.05) is 32.7 Å². The number of pyridine rings is 1. The fourth-order valence-electron chi connectivity index (χ4n) is 2.83. The van der Waals surface area contributed by atoms with Gasteiger partial charge in [0.15, 0.2) is 0 Å². The maximum absolute atomic E-state index is 12.4. The monoisotopic (exact) mass is 308 g/mol. The second-order valence-electron chi connectivity index (χ2n) is 5.80. The molecule has 0 radical (unpaired) electrons. The van der Waals surface area contributed by atoms with E-state index in [9.17, 15) is 4.79 Å². The average molecular weight is 308 g/mol.